The van der Waals surface area contributed by atoms with Crippen molar-refractivity contribution in [2.75, 3.05) is 30.0 Å². The second-order valence-electron chi connectivity index (χ2n) is 6.16. The molecule has 0 saturated carbocycles. The summed E-state index contributed by atoms with van der Waals surface area (Å²) in [5.74, 6) is 0.338. The van der Waals surface area contributed by atoms with E-state index in [1.165, 1.54) is 0 Å². The molecule has 0 bridgehead atoms. The minimum absolute atomic E-state index is 0.00474. The van der Waals surface area contributed by atoms with E-state index in [1.807, 2.05) is 6.07 Å². The minimum atomic E-state index is -3.35. The molecule has 2 aromatic heterocycles. The standard InChI is InChI=1S/C18H20ClN5O3S/c19-5-1-9-28(26,27)23-8-7-22-18-14-4-6-21-11-15(14)13-3-2-12(17(20)25)10-16(13)24-18/h2-4,6,10-11,23H,1,5,7-9H2,(H2,20,25)(H,22,24). The van der Waals surface area contributed by atoms with Crippen LogP contribution in [0.5, 0.6) is 0 Å². The smallest absolute Gasteiger partial charge is 0.248 e. The van der Waals surface area contributed by atoms with E-state index in [2.05, 4.69) is 20.0 Å². The molecule has 0 aliphatic rings. The number of hydrogen-bond donors (Lipinski definition) is 3. The van der Waals surface area contributed by atoms with Gasteiger partial charge in [-0.25, -0.2) is 18.1 Å². The van der Waals surface area contributed by atoms with Crippen LogP contribution in [0.2, 0.25) is 0 Å². The molecule has 0 atom stereocenters. The highest BCUT2D eigenvalue weighted by atomic mass is 35.5. The molecule has 4 N–H and O–H groups in total. The number of fused-ring (bicyclic) bond motifs is 3. The van der Waals surface area contributed by atoms with Gasteiger partial charge in [0.05, 0.1) is 11.3 Å². The Hall–Kier alpha value is -2.49. The largest absolute Gasteiger partial charge is 0.368 e. The zero-order valence-corrected chi connectivity index (χ0v) is 16.6. The number of sulfonamides is 1. The molecular weight excluding hydrogens is 402 g/mol. The number of alkyl halides is 1. The predicted octanol–water partition coefficient (Wildman–Crippen LogP) is 1.84. The van der Waals surface area contributed by atoms with Gasteiger partial charge in [0.25, 0.3) is 0 Å². The average molecular weight is 422 g/mol. The van der Waals surface area contributed by atoms with E-state index in [4.69, 9.17) is 17.3 Å². The van der Waals surface area contributed by atoms with Crippen molar-refractivity contribution in [3.8, 4) is 0 Å². The number of anilines is 1. The number of nitrogens with zero attached hydrogens (tertiary/aromatic N) is 2. The first-order valence-electron chi connectivity index (χ1n) is 8.66. The number of benzene rings is 1. The van der Waals surface area contributed by atoms with Crippen molar-refractivity contribution in [2.45, 2.75) is 6.42 Å². The third-order valence-electron chi connectivity index (χ3n) is 4.17. The first-order valence-corrected chi connectivity index (χ1v) is 10.8. The van der Waals surface area contributed by atoms with E-state index >= 15 is 0 Å². The van der Waals surface area contributed by atoms with Crippen LogP contribution in [0.25, 0.3) is 21.7 Å². The number of nitrogens with one attached hydrogen (secondary N) is 2. The van der Waals surface area contributed by atoms with Crippen molar-refractivity contribution in [2.24, 2.45) is 5.73 Å². The Kier molecular flexibility index (Phi) is 6.28. The number of rotatable bonds is 9. The first-order chi connectivity index (χ1) is 13.4. The van der Waals surface area contributed by atoms with Gasteiger partial charge in [-0.05, 0) is 24.6 Å². The lowest BCUT2D eigenvalue weighted by atomic mass is 10.1. The van der Waals surface area contributed by atoms with Crippen molar-refractivity contribution in [1.29, 1.82) is 0 Å². The summed E-state index contributed by atoms with van der Waals surface area (Å²) >= 11 is 5.54. The first kappa shape index (κ1) is 20.2. The van der Waals surface area contributed by atoms with Crippen LogP contribution in [0, 0.1) is 0 Å². The van der Waals surface area contributed by atoms with Crippen LogP contribution in [-0.2, 0) is 10.0 Å². The van der Waals surface area contributed by atoms with Crippen molar-refractivity contribution >= 4 is 55.0 Å². The second-order valence-corrected chi connectivity index (χ2v) is 8.46. The molecule has 3 rings (SSSR count). The monoisotopic (exact) mass is 421 g/mol. The Labute approximate surface area is 167 Å². The maximum atomic E-state index is 11.8. The van der Waals surface area contributed by atoms with Crippen LogP contribution in [0.15, 0.2) is 36.7 Å². The van der Waals surface area contributed by atoms with Gasteiger partial charge in [0.1, 0.15) is 5.82 Å². The Morgan fingerprint density at radius 3 is 2.71 bits per heavy atom. The lowest BCUT2D eigenvalue weighted by Gasteiger charge is -2.12. The molecule has 0 aliphatic carbocycles. The molecular formula is C18H20ClN5O3S. The average Bonchev–Trinajstić information content (AvgIpc) is 2.69. The lowest BCUT2D eigenvalue weighted by Crippen LogP contribution is -2.31. The number of primary amides is 1. The number of amides is 1. The van der Waals surface area contributed by atoms with Gasteiger partial charge in [0.15, 0.2) is 0 Å². The van der Waals surface area contributed by atoms with Crippen LogP contribution >= 0.6 is 11.6 Å². The van der Waals surface area contributed by atoms with Crippen LogP contribution < -0.4 is 15.8 Å². The molecule has 10 heteroatoms. The molecule has 148 valence electrons. The quantitative estimate of drug-likeness (QED) is 0.275. The highest BCUT2D eigenvalue weighted by molar-refractivity contribution is 7.89. The topological polar surface area (TPSA) is 127 Å². The van der Waals surface area contributed by atoms with Crippen LogP contribution in [0.4, 0.5) is 5.82 Å². The van der Waals surface area contributed by atoms with E-state index in [1.54, 1.807) is 30.6 Å². The predicted molar refractivity (Wildman–Crippen MR) is 111 cm³/mol. The van der Waals surface area contributed by atoms with E-state index in [0.717, 1.165) is 16.2 Å². The van der Waals surface area contributed by atoms with Crippen LogP contribution in [0.1, 0.15) is 16.8 Å². The Balaban J connectivity index is 1.84. The Morgan fingerprint density at radius 2 is 1.96 bits per heavy atom. The van der Waals surface area contributed by atoms with Gasteiger partial charge in [-0.2, -0.15) is 0 Å². The molecule has 0 saturated heterocycles. The Morgan fingerprint density at radius 1 is 1.14 bits per heavy atom. The molecule has 28 heavy (non-hydrogen) atoms. The number of carbonyl (C=O) groups excluding carboxylic acids is 1. The van der Waals surface area contributed by atoms with Crippen molar-refractivity contribution in [1.82, 2.24) is 14.7 Å². The Bertz CT molecular complexity index is 1120. The summed E-state index contributed by atoms with van der Waals surface area (Å²) < 4.78 is 26.2. The third kappa shape index (κ3) is 4.67. The fourth-order valence-electron chi connectivity index (χ4n) is 2.84. The number of nitrogens with two attached hydrogens (primary N) is 1. The fraction of sp³-hybridized carbons (Fsp3) is 0.278. The molecule has 0 spiro atoms. The van der Waals surface area contributed by atoms with Crippen molar-refractivity contribution < 1.29 is 13.2 Å². The molecule has 2 heterocycles. The van der Waals surface area contributed by atoms with Gasteiger partial charge in [-0.1, -0.05) is 6.07 Å². The summed E-state index contributed by atoms with van der Waals surface area (Å²) in [6.07, 6.45) is 3.79. The number of carbonyl (C=O) groups is 1. The van der Waals surface area contributed by atoms with E-state index in [9.17, 15) is 13.2 Å². The van der Waals surface area contributed by atoms with Gasteiger partial charge in [-0.3, -0.25) is 9.78 Å². The minimum Gasteiger partial charge on any atom is -0.368 e. The zero-order chi connectivity index (χ0) is 20.1. The van der Waals surface area contributed by atoms with E-state index in [-0.39, 0.29) is 12.3 Å². The maximum Gasteiger partial charge on any atom is 0.248 e. The molecule has 3 aromatic rings. The summed E-state index contributed by atoms with van der Waals surface area (Å²) in [4.78, 5) is 20.2. The van der Waals surface area contributed by atoms with Gasteiger partial charge < -0.3 is 11.1 Å². The van der Waals surface area contributed by atoms with Crippen LogP contribution in [-0.4, -0.2) is 49.0 Å². The van der Waals surface area contributed by atoms with Gasteiger partial charge >= 0.3 is 0 Å². The summed E-state index contributed by atoms with van der Waals surface area (Å²) in [6.45, 7) is 0.545. The number of pyridine rings is 2. The summed E-state index contributed by atoms with van der Waals surface area (Å²) in [5, 5.41) is 5.71. The molecule has 0 aliphatic heterocycles. The molecule has 8 nitrogen and oxygen atoms in total. The lowest BCUT2D eigenvalue weighted by molar-refractivity contribution is 0.100. The van der Waals surface area contributed by atoms with E-state index < -0.39 is 15.9 Å². The third-order valence-corrected chi connectivity index (χ3v) is 5.90. The van der Waals surface area contributed by atoms with Gasteiger partial charge in [0.2, 0.25) is 15.9 Å². The van der Waals surface area contributed by atoms with Gasteiger partial charge in [-0.15, -0.1) is 11.6 Å². The SMILES string of the molecule is NC(=O)c1ccc2c(c1)nc(NCCNS(=O)(=O)CCCCl)c1ccncc12. The zero-order valence-electron chi connectivity index (χ0n) is 15.0. The highest BCUT2D eigenvalue weighted by Gasteiger charge is 2.12. The second kappa shape index (κ2) is 8.68. The fourth-order valence-corrected chi connectivity index (χ4v) is 4.21. The summed E-state index contributed by atoms with van der Waals surface area (Å²) in [7, 11) is -3.35. The summed E-state index contributed by atoms with van der Waals surface area (Å²) in [6, 6.07) is 6.91. The highest BCUT2D eigenvalue weighted by Crippen LogP contribution is 2.29. The number of halogens is 1. The summed E-state index contributed by atoms with van der Waals surface area (Å²) in [5.41, 5.74) is 6.32. The van der Waals surface area contributed by atoms with Gasteiger partial charge in [0, 0.05) is 53.1 Å². The molecule has 0 fully saturated rings. The normalized spacial score (nSPS) is 11.8. The molecule has 0 radical (unpaired) electrons. The van der Waals surface area contributed by atoms with Crippen molar-refractivity contribution in [3.63, 3.8) is 0 Å². The maximum absolute atomic E-state index is 11.8. The molecule has 1 aromatic carbocycles. The van der Waals surface area contributed by atoms with Crippen LogP contribution in [0.3, 0.4) is 0 Å². The van der Waals surface area contributed by atoms with E-state index in [0.29, 0.717) is 35.7 Å². The molecule has 1 amide bonds. The number of aromatic nitrogens is 2. The molecule has 0 unspecified atom stereocenters. The number of hydrogen-bond acceptors (Lipinski definition) is 6. The van der Waals surface area contributed by atoms with Crippen molar-refractivity contribution in [3.05, 3.63) is 42.2 Å².